The molecule has 0 atom stereocenters. The topological polar surface area (TPSA) is 92.2 Å². The standard InChI is InChI=1S/C24H25N5O3/c1-28-19-9-5-3-7-17(19)20(22-26-18-8-4-2-6-16(18)23(30)27-22)21(28)24(31)25-10-11-29-12-14-32-15-13-29/h2-9H,10-15H2,1H3,(H,25,31)(H,26,27,30). The third-order valence-corrected chi connectivity index (χ3v) is 5.99. The van der Waals surface area contributed by atoms with E-state index in [1.807, 2.05) is 48.0 Å². The minimum absolute atomic E-state index is 0.192. The number of ether oxygens (including phenoxy) is 1. The number of aromatic nitrogens is 3. The number of aryl methyl sites for hydroxylation is 1. The minimum atomic E-state index is -0.225. The molecular weight excluding hydrogens is 406 g/mol. The summed E-state index contributed by atoms with van der Waals surface area (Å²) in [5, 5.41) is 4.44. The lowest BCUT2D eigenvalue weighted by molar-refractivity contribution is 0.0383. The van der Waals surface area contributed by atoms with Gasteiger partial charge in [-0.3, -0.25) is 14.5 Å². The highest BCUT2D eigenvalue weighted by atomic mass is 16.5. The molecule has 0 aliphatic carbocycles. The van der Waals surface area contributed by atoms with E-state index in [0.717, 1.165) is 43.8 Å². The number of rotatable bonds is 5. The molecule has 0 spiro atoms. The molecule has 8 nitrogen and oxygen atoms in total. The van der Waals surface area contributed by atoms with Gasteiger partial charge in [0.1, 0.15) is 11.5 Å². The van der Waals surface area contributed by atoms with E-state index >= 15 is 0 Å². The maximum Gasteiger partial charge on any atom is 0.268 e. The van der Waals surface area contributed by atoms with E-state index < -0.39 is 0 Å². The number of amides is 1. The van der Waals surface area contributed by atoms with Gasteiger partial charge in [0.15, 0.2) is 0 Å². The van der Waals surface area contributed by atoms with Gasteiger partial charge in [-0.05, 0) is 18.2 Å². The number of para-hydroxylation sites is 2. The van der Waals surface area contributed by atoms with Crippen molar-refractivity contribution in [2.75, 3.05) is 39.4 Å². The average Bonchev–Trinajstić information content (AvgIpc) is 3.12. The predicted molar refractivity (Wildman–Crippen MR) is 124 cm³/mol. The molecule has 0 bridgehead atoms. The van der Waals surface area contributed by atoms with E-state index in [1.165, 1.54) is 0 Å². The molecule has 0 radical (unpaired) electrons. The number of hydrogen-bond acceptors (Lipinski definition) is 5. The van der Waals surface area contributed by atoms with Crippen molar-refractivity contribution in [3.8, 4) is 11.4 Å². The van der Waals surface area contributed by atoms with Crippen molar-refractivity contribution in [2.45, 2.75) is 0 Å². The number of fused-ring (bicyclic) bond motifs is 2. The number of morpholine rings is 1. The van der Waals surface area contributed by atoms with E-state index in [0.29, 0.717) is 34.5 Å². The lowest BCUT2D eigenvalue weighted by atomic mass is 10.1. The Balaban J connectivity index is 1.54. The minimum Gasteiger partial charge on any atom is -0.379 e. The summed E-state index contributed by atoms with van der Waals surface area (Å²) in [7, 11) is 1.86. The Morgan fingerprint density at radius 1 is 1.09 bits per heavy atom. The normalized spacial score (nSPS) is 14.8. The van der Waals surface area contributed by atoms with Crippen LogP contribution in [0.3, 0.4) is 0 Å². The summed E-state index contributed by atoms with van der Waals surface area (Å²) in [5.74, 6) is 0.201. The lowest BCUT2D eigenvalue weighted by Gasteiger charge is -2.26. The van der Waals surface area contributed by atoms with E-state index in [4.69, 9.17) is 9.72 Å². The highest BCUT2D eigenvalue weighted by Crippen LogP contribution is 2.32. The highest BCUT2D eigenvalue weighted by molar-refractivity contribution is 6.09. The van der Waals surface area contributed by atoms with Gasteiger partial charge in [0.05, 0.1) is 29.7 Å². The van der Waals surface area contributed by atoms with Crippen LogP contribution in [-0.2, 0) is 11.8 Å². The largest absolute Gasteiger partial charge is 0.379 e. The molecule has 3 heterocycles. The third-order valence-electron chi connectivity index (χ3n) is 5.99. The molecule has 1 fully saturated rings. The Bertz CT molecular complexity index is 1350. The molecular formula is C24H25N5O3. The van der Waals surface area contributed by atoms with Crippen LogP contribution in [-0.4, -0.2) is 64.7 Å². The molecule has 4 aromatic rings. The second kappa shape index (κ2) is 8.57. The molecule has 164 valence electrons. The van der Waals surface area contributed by atoms with Gasteiger partial charge in [-0.15, -0.1) is 0 Å². The first-order chi connectivity index (χ1) is 15.6. The summed E-state index contributed by atoms with van der Waals surface area (Å²) >= 11 is 0. The molecule has 8 heteroatoms. The van der Waals surface area contributed by atoms with E-state index in [1.54, 1.807) is 12.1 Å². The summed E-state index contributed by atoms with van der Waals surface area (Å²) < 4.78 is 7.25. The van der Waals surface area contributed by atoms with Crippen LogP contribution in [0.25, 0.3) is 33.2 Å². The van der Waals surface area contributed by atoms with Gasteiger partial charge in [-0.1, -0.05) is 30.3 Å². The van der Waals surface area contributed by atoms with Gasteiger partial charge in [-0.25, -0.2) is 4.98 Å². The molecule has 0 saturated carbocycles. The zero-order valence-corrected chi connectivity index (χ0v) is 17.9. The second-order valence-corrected chi connectivity index (χ2v) is 7.94. The molecule has 0 unspecified atom stereocenters. The molecule has 2 aromatic heterocycles. The summed E-state index contributed by atoms with van der Waals surface area (Å²) in [6.07, 6.45) is 0. The number of nitrogens with zero attached hydrogens (tertiary/aromatic N) is 3. The second-order valence-electron chi connectivity index (χ2n) is 7.94. The molecule has 1 saturated heterocycles. The van der Waals surface area contributed by atoms with Crippen LogP contribution in [0.4, 0.5) is 0 Å². The van der Waals surface area contributed by atoms with Crippen LogP contribution >= 0.6 is 0 Å². The number of aromatic amines is 1. The molecule has 2 aromatic carbocycles. The molecule has 5 rings (SSSR count). The van der Waals surface area contributed by atoms with Crippen molar-refractivity contribution in [1.82, 2.24) is 24.8 Å². The summed E-state index contributed by atoms with van der Waals surface area (Å²) in [5.41, 5.74) is 2.38. The van der Waals surface area contributed by atoms with Crippen molar-refractivity contribution in [1.29, 1.82) is 0 Å². The molecule has 32 heavy (non-hydrogen) atoms. The van der Waals surface area contributed by atoms with Gasteiger partial charge in [0, 0.05) is 44.1 Å². The Labute approximate surface area is 184 Å². The third kappa shape index (κ3) is 3.68. The van der Waals surface area contributed by atoms with Crippen LogP contribution in [0.15, 0.2) is 53.3 Å². The van der Waals surface area contributed by atoms with Crippen molar-refractivity contribution >= 4 is 27.7 Å². The first-order valence-electron chi connectivity index (χ1n) is 10.8. The monoisotopic (exact) mass is 431 g/mol. The van der Waals surface area contributed by atoms with Crippen LogP contribution in [0.1, 0.15) is 10.5 Å². The fourth-order valence-corrected chi connectivity index (χ4v) is 4.34. The van der Waals surface area contributed by atoms with Crippen LogP contribution in [0, 0.1) is 0 Å². The van der Waals surface area contributed by atoms with E-state index in [9.17, 15) is 9.59 Å². The zero-order chi connectivity index (χ0) is 22.1. The molecule has 1 aliphatic heterocycles. The van der Waals surface area contributed by atoms with Crippen LogP contribution in [0.5, 0.6) is 0 Å². The average molecular weight is 431 g/mol. The van der Waals surface area contributed by atoms with Crippen molar-refractivity contribution < 1.29 is 9.53 Å². The number of carbonyl (C=O) groups excluding carboxylic acids is 1. The number of hydrogen-bond donors (Lipinski definition) is 2. The van der Waals surface area contributed by atoms with Gasteiger partial charge in [-0.2, -0.15) is 0 Å². The van der Waals surface area contributed by atoms with Crippen LogP contribution in [0.2, 0.25) is 0 Å². The lowest BCUT2D eigenvalue weighted by Crippen LogP contribution is -2.41. The summed E-state index contributed by atoms with van der Waals surface area (Å²) in [4.78, 5) is 35.9. The first kappa shape index (κ1) is 20.4. The number of nitrogens with one attached hydrogen (secondary N) is 2. The number of carbonyl (C=O) groups is 1. The van der Waals surface area contributed by atoms with Crippen LogP contribution < -0.4 is 10.9 Å². The van der Waals surface area contributed by atoms with Gasteiger partial charge < -0.3 is 19.6 Å². The Morgan fingerprint density at radius 3 is 2.62 bits per heavy atom. The Morgan fingerprint density at radius 2 is 1.81 bits per heavy atom. The van der Waals surface area contributed by atoms with Crippen molar-refractivity contribution in [3.05, 3.63) is 64.6 Å². The van der Waals surface area contributed by atoms with Crippen molar-refractivity contribution in [3.63, 3.8) is 0 Å². The van der Waals surface area contributed by atoms with Gasteiger partial charge >= 0.3 is 0 Å². The van der Waals surface area contributed by atoms with E-state index in [2.05, 4.69) is 15.2 Å². The van der Waals surface area contributed by atoms with Gasteiger partial charge in [0.25, 0.3) is 11.5 Å². The summed E-state index contributed by atoms with van der Waals surface area (Å²) in [6, 6.07) is 15.0. The first-order valence-corrected chi connectivity index (χ1v) is 10.8. The fraction of sp³-hybridized carbons (Fsp3) is 0.292. The smallest absolute Gasteiger partial charge is 0.268 e. The maximum absolute atomic E-state index is 13.3. The predicted octanol–water partition coefficient (Wildman–Crippen LogP) is 2.14. The van der Waals surface area contributed by atoms with Gasteiger partial charge in [0.2, 0.25) is 0 Å². The van der Waals surface area contributed by atoms with E-state index in [-0.39, 0.29) is 11.5 Å². The zero-order valence-electron chi connectivity index (χ0n) is 17.9. The number of H-pyrrole nitrogens is 1. The fourth-order valence-electron chi connectivity index (χ4n) is 4.34. The Kier molecular flexibility index (Phi) is 5.46. The Hall–Kier alpha value is -3.49. The number of benzene rings is 2. The quantitative estimate of drug-likeness (QED) is 0.505. The molecule has 1 aliphatic rings. The molecule has 1 amide bonds. The molecule has 2 N–H and O–H groups in total. The summed E-state index contributed by atoms with van der Waals surface area (Å²) in [6.45, 7) is 4.49. The highest BCUT2D eigenvalue weighted by Gasteiger charge is 2.24. The SMILES string of the molecule is Cn1c(C(=O)NCCN2CCOCC2)c(-c2nc3ccccc3c(=O)[nH]2)c2ccccc21. The maximum atomic E-state index is 13.3. The van der Waals surface area contributed by atoms with Crippen molar-refractivity contribution in [2.24, 2.45) is 7.05 Å².